The normalized spacial score (nSPS) is 10.4. The highest BCUT2D eigenvalue weighted by Gasteiger charge is 2.17. The van der Waals surface area contributed by atoms with Gasteiger partial charge in [0, 0.05) is 12.6 Å². The number of aromatic nitrogens is 1. The van der Waals surface area contributed by atoms with E-state index in [2.05, 4.69) is 15.6 Å². The number of anilines is 3. The molecular weight excluding hydrogens is 298 g/mol. The van der Waals surface area contributed by atoms with Crippen molar-refractivity contribution in [3.05, 3.63) is 34.7 Å². The number of hydrogen-bond donors (Lipinski definition) is 3. The lowest BCUT2D eigenvalue weighted by molar-refractivity contribution is 0.103. The van der Waals surface area contributed by atoms with Crippen molar-refractivity contribution in [2.45, 2.75) is 13.3 Å². The molecule has 1 aromatic carbocycles. The van der Waals surface area contributed by atoms with Gasteiger partial charge in [-0.15, -0.1) is 0 Å². The molecule has 5 nitrogen and oxygen atoms in total. The van der Waals surface area contributed by atoms with Gasteiger partial charge < -0.3 is 16.4 Å². The summed E-state index contributed by atoms with van der Waals surface area (Å²) < 4.78 is 26.5. The molecule has 0 aliphatic rings. The number of hydrogen-bond acceptors (Lipinski definition) is 5. The van der Waals surface area contributed by atoms with Gasteiger partial charge in [-0.3, -0.25) is 4.79 Å². The number of nitrogens with zero attached hydrogens (tertiary/aromatic N) is 1. The Balaban J connectivity index is 2.16. The lowest BCUT2D eigenvalue weighted by Gasteiger charge is -2.05. The maximum atomic E-state index is 13.5. The van der Waals surface area contributed by atoms with Gasteiger partial charge in [-0.05, 0) is 18.6 Å². The highest BCUT2D eigenvalue weighted by molar-refractivity contribution is 7.18. The van der Waals surface area contributed by atoms with E-state index in [1.165, 1.54) is 0 Å². The summed E-state index contributed by atoms with van der Waals surface area (Å²) in [5.41, 5.74) is 5.43. The number of nitrogen functional groups attached to an aromatic ring is 1. The molecule has 0 unspecified atom stereocenters. The average molecular weight is 312 g/mol. The number of rotatable bonds is 5. The van der Waals surface area contributed by atoms with Crippen LogP contribution in [0.15, 0.2) is 18.2 Å². The van der Waals surface area contributed by atoms with Gasteiger partial charge >= 0.3 is 0 Å². The van der Waals surface area contributed by atoms with Gasteiger partial charge in [0.25, 0.3) is 5.91 Å². The second-order valence-corrected chi connectivity index (χ2v) is 5.24. The Kier molecular flexibility index (Phi) is 4.69. The van der Waals surface area contributed by atoms with E-state index in [1.54, 1.807) is 0 Å². The second kappa shape index (κ2) is 6.49. The van der Waals surface area contributed by atoms with Crippen molar-refractivity contribution in [3.63, 3.8) is 0 Å². The first-order valence-electron chi connectivity index (χ1n) is 6.27. The van der Waals surface area contributed by atoms with Gasteiger partial charge in [-0.2, -0.15) is 0 Å². The summed E-state index contributed by atoms with van der Waals surface area (Å²) in [7, 11) is 0. The molecule has 0 saturated carbocycles. The van der Waals surface area contributed by atoms with Gasteiger partial charge in [0.1, 0.15) is 22.3 Å². The monoisotopic (exact) mass is 312 g/mol. The van der Waals surface area contributed by atoms with E-state index in [9.17, 15) is 13.6 Å². The quantitative estimate of drug-likeness (QED) is 0.792. The third-order valence-electron chi connectivity index (χ3n) is 2.56. The third kappa shape index (κ3) is 3.66. The van der Waals surface area contributed by atoms with E-state index in [0.29, 0.717) is 11.7 Å². The Bertz CT molecular complexity index is 660. The summed E-state index contributed by atoms with van der Waals surface area (Å²) in [6, 6.07) is 2.81. The topological polar surface area (TPSA) is 80.0 Å². The Morgan fingerprint density at radius 3 is 2.90 bits per heavy atom. The molecule has 2 rings (SSSR count). The minimum atomic E-state index is -0.725. The molecule has 21 heavy (non-hydrogen) atoms. The molecule has 112 valence electrons. The van der Waals surface area contributed by atoms with E-state index in [-0.39, 0.29) is 16.4 Å². The van der Waals surface area contributed by atoms with E-state index in [0.717, 1.165) is 36.0 Å². The molecule has 0 saturated heterocycles. The van der Waals surface area contributed by atoms with E-state index >= 15 is 0 Å². The summed E-state index contributed by atoms with van der Waals surface area (Å²) in [4.78, 5) is 16.2. The SMILES string of the molecule is CCCNc1nc(N)c(C(=O)Nc2cc(F)ccc2F)s1. The molecule has 0 aliphatic heterocycles. The minimum absolute atomic E-state index is 0.0490. The highest BCUT2D eigenvalue weighted by atomic mass is 32.1. The van der Waals surface area contributed by atoms with E-state index < -0.39 is 17.5 Å². The first kappa shape index (κ1) is 15.2. The molecule has 0 bridgehead atoms. The summed E-state index contributed by atoms with van der Waals surface area (Å²) >= 11 is 1.06. The maximum Gasteiger partial charge on any atom is 0.269 e. The van der Waals surface area contributed by atoms with Gasteiger partial charge in [0.2, 0.25) is 0 Å². The molecule has 0 atom stereocenters. The summed E-state index contributed by atoms with van der Waals surface area (Å²) in [6.07, 6.45) is 0.898. The fraction of sp³-hybridized carbons (Fsp3) is 0.231. The molecule has 8 heteroatoms. The molecule has 0 spiro atoms. The lowest BCUT2D eigenvalue weighted by atomic mass is 10.3. The lowest BCUT2D eigenvalue weighted by Crippen LogP contribution is -2.13. The largest absolute Gasteiger partial charge is 0.382 e. The van der Waals surface area contributed by atoms with Crippen molar-refractivity contribution in [3.8, 4) is 0 Å². The van der Waals surface area contributed by atoms with Crippen LogP contribution in [0.3, 0.4) is 0 Å². The van der Waals surface area contributed by atoms with Crippen LogP contribution in [0.4, 0.5) is 25.4 Å². The molecule has 0 aliphatic carbocycles. The zero-order chi connectivity index (χ0) is 15.4. The van der Waals surface area contributed by atoms with Gasteiger partial charge in [0.15, 0.2) is 5.13 Å². The highest BCUT2D eigenvalue weighted by Crippen LogP contribution is 2.26. The number of thiazole rings is 1. The van der Waals surface area contributed by atoms with Crippen LogP contribution in [0.5, 0.6) is 0 Å². The molecule has 4 N–H and O–H groups in total. The predicted molar refractivity (Wildman–Crippen MR) is 79.6 cm³/mol. The number of nitrogens with one attached hydrogen (secondary N) is 2. The first-order chi connectivity index (χ1) is 10.0. The van der Waals surface area contributed by atoms with E-state index in [4.69, 9.17) is 5.73 Å². The van der Waals surface area contributed by atoms with Crippen molar-refractivity contribution in [2.75, 3.05) is 22.9 Å². The Morgan fingerprint density at radius 1 is 1.43 bits per heavy atom. The van der Waals surface area contributed by atoms with E-state index in [1.807, 2.05) is 6.92 Å². The molecule has 0 fully saturated rings. The fourth-order valence-corrected chi connectivity index (χ4v) is 2.38. The molecule has 0 radical (unpaired) electrons. The van der Waals surface area contributed by atoms with Crippen LogP contribution in [0.2, 0.25) is 0 Å². The van der Waals surface area contributed by atoms with Crippen molar-refractivity contribution in [2.24, 2.45) is 0 Å². The van der Waals surface area contributed by atoms with Crippen LogP contribution >= 0.6 is 11.3 Å². The molecule has 1 aromatic heterocycles. The maximum absolute atomic E-state index is 13.5. The Hall–Kier alpha value is -2.22. The zero-order valence-electron chi connectivity index (χ0n) is 11.2. The van der Waals surface area contributed by atoms with Gasteiger partial charge in [0.05, 0.1) is 5.69 Å². The van der Waals surface area contributed by atoms with Crippen LogP contribution in [-0.2, 0) is 0 Å². The predicted octanol–water partition coefficient (Wildman–Crippen LogP) is 3.08. The average Bonchev–Trinajstić information content (AvgIpc) is 2.82. The number of benzene rings is 1. The minimum Gasteiger partial charge on any atom is -0.382 e. The van der Waals surface area contributed by atoms with Crippen LogP contribution in [-0.4, -0.2) is 17.4 Å². The number of amides is 1. The fourth-order valence-electron chi connectivity index (χ4n) is 1.57. The van der Waals surface area contributed by atoms with Crippen LogP contribution in [0, 0.1) is 11.6 Å². The van der Waals surface area contributed by atoms with Crippen LogP contribution in [0.25, 0.3) is 0 Å². The number of nitrogens with two attached hydrogens (primary N) is 1. The molecule has 2 aromatic rings. The smallest absolute Gasteiger partial charge is 0.269 e. The van der Waals surface area contributed by atoms with Crippen molar-refractivity contribution in [1.82, 2.24) is 4.98 Å². The molecule has 1 amide bonds. The van der Waals surface area contributed by atoms with Crippen LogP contribution in [0.1, 0.15) is 23.0 Å². The van der Waals surface area contributed by atoms with Crippen molar-refractivity contribution < 1.29 is 13.6 Å². The van der Waals surface area contributed by atoms with Crippen LogP contribution < -0.4 is 16.4 Å². The molecular formula is C13H14F2N4OS. The van der Waals surface area contributed by atoms with Crippen molar-refractivity contribution >= 4 is 33.9 Å². The summed E-state index contributed by atoms with van der Waals surface area (Å²) in [5, 5.41) is 5.81. The van der Waals surface area contributed by atoms with Crippen molar-refractivity contribution in [1.29, 1.82) is 0 Å². The first-order valence-corrected chi connectivity index (χ1v) is 7.09. The second-order valence-electron chi connectivity index (χ2n) is 4.24. The number of carbonyl (C=O) groups excluding carboxylic acids is 1. The standard InChI is InChI=1S/C13H14F2N4OS/c1-2-5-17-13-19-11(16)10(21-13)12(20)18-9-6-7(14)3-4-8(9)15/h3-4,6H,2,5,16H2,1H3,(H,17,19)(H,18,20). The molecule has 1 heterocycles. The summed E-state index contributed by atoms with van der Waals surface area (Å²) in [6.45, 7) is 2.69. The zero-order valence-corrected chi connectivity index (χ0v) is 12.1. The van der Waals surface area contributed by atoms with Gasteiger partial charge in [-0.25, -0.2) is 13.8 Å². The number of carbonyl (C=O) groups is 1. The van der Waals surface area contributed by atoms with Gasteiger partial charge in [-0.1, -0.05) is 18.3 Å². The Morgan fingerprint density at radius 2 is 2.19 bits per heavy atom. The third-order valence-corrected chi connectivity index (χ3v) is 3.59. The summed E-state index contributed by atoms with van der Waals surface area (Å²) in [5.74, 6) is -1.95. The Labute approximate surface area is 124 Å². The number of halogens is 2.